The summed E-state index contributed by atoms with van der Waals surface area (Å²) in [6, 6.07) is 6.17. The molecule has 1 fully saturated rings. The van der Waals surface area contributed by atoms with Crippen LogP contribution in [0.2, 0.25) is 0 Å². The van der Waals surface area contributed by atoms with E-state index >= 15 is 0 Å². The second kappa shape index (κ2) is 7.94. The summed E-state index contributed by atoms with van der Waals surface area (Å²) in [5.41, 5.74) is 0.882. The normalized spacial score (nSPS) is 16.8. The van der Waals surface area contributed by atoms with Gasteiger partial charge in [0.2, 0.25) is 0 Å². The molecule has 0 bridgehead atoms. The first-order valence-corrected chi connectivity index (χ1v) is 9.17. The van der Waals surface area contributed by atoms with E-state index in [1.165, 1.54) is 8.66 Å². The molecule has 8 heteroatoms. The lowest BCUT2D eigenvalue weighted by Crippen LogP contribution is -2.52. The van der Waals surface area contributed by atoms with Crippen LogP contribution in [-0.4, -0.2) is 54.1 Å². The zero-order valence-electron chi connectivity index (χ0n) is 13.0. The summed E-state index contributed by atoms with van der Waals surface area (Å²) in [5.74, 6) is 0.923. The molecule has 0 saturated carbocycles. The van der Waals surface area contributed by atoms with Crippen LogP contribution < -0.4 is 5.32 Å². The monoisotopic (exact) mass is 397 g/mol. The predicted octanol–water partition coefficient (Wildman–Crippen LogP) is 2.39. The first kappa shape index (κ1) is 16.5. The summed E-state index contributed by atoms with van der Waals surface area (Å²) in [4.78, 5) is 10.6. The van der Waals surface area contributed by atoms with E-state index in [0.717, 1.165) is 44.4 Å². The van der Waals surface area contributed by atoms with Crippen LogP contribution in [0.5, 0.6) is 0 Å². The van der Waals surface area contributed by atoms with E-state index in [2.05, 4.69) is 53.3 Å². The third-order valence-corrected chi connectivity index (χ3v) is 5.42. The van der Waals surface area contributed by atoms with E-state index in [1.807, 2.05) is 24.5 Å². The van der Waals surface area contributed by atoms with Crippen LogP contribution in [0, 0.1) is 0 Å². The largest absolute Gasteiger partial charge is 0.364 e. The number of nitrogens with one attached hydrogen (secondary N) is 1. The van der Waals surface area contributed by atoms with Crippen molar-refractivity contribution in [3.8, 4) is 0 Å². The van der Waals surface area contributed by atoms with Crippen LogP contribution in [0.1, 0.15) is 10.6 Å². The van der Waals surface area contributed by atoms with E-state index in [9.17, 15) is 0 Å². The van der Waals surface area contributed by atoms with Crippen LogP contribution in [0.15, 0.2) is 37.8 Å². The maximum absolute atomic E-state index is 4.85. The van der Waals surface area contributed by atoms with E-state index in [-0.39, 0.29) is 0 Å². The van der Waals surface area contributed by atoms with Crippen molar-refractivity contribution in [1.82, 2.24) is 20.3 Å². The SMILES string of the molecule is CN=C(NCc1ccon1)N1CCN(Cc2ccc(Br)s2)CC1. The Labute approximate surface area is 148 Å². The highest BCUT2D eigenvalue weighted by atomic mass is 79.9. The standard InChI is InChI=1S/C15H20BrN5OS/c1-17-15(18-10-12-4-9-22-19-12)21-7-5-20(6-8-21)11-13-2-3-14(16)23-13/h2-4,9H,5-8,10-11H2,1H3,(H,17,18). The summed E-state index contributed by atoms with van der Waals surface area (Å²) in [6.45, 7) is 5.69. The molecular formula is C15H20BrN5OS. The van der Waals surface area contributed by atoms with Crippen LogP contribution in [0.25, 0.3) is 0 Å². The van der Waals surface area contributed by atoms with Gasteiger partial charge in [-0.2, -0.15) is 0 Å². The highest BCUT2D eigenvalue weighted by molar-refractivity contribution is 9.11. The van der Waals surface area contributed by atoms with Crippen LogP contribution in [0.3, 0.4) is 0 Å². The average molecular weight is 398 g/mol. The molecule has 0 amide bonds. The zero-order valence-corrected chi connectivity index (χ0v) is 15.4. The van der Waals surface area contributed by atoms with Gasteiger partial charge in [-0.15, -0.1) is 11.3 Å². The van der Waals surface area contributed by atoms with E-state index < -0.39 is 0 Å². The maximum Gasteiger partial charge on any atom is 0.194 e. The van der Waals surface area contributed by atoms with Gasteiger partial charge in [-0.25, -0.2) is 0 Å². The Morgan fingerprint density at radius 3 is 2.78 bits per heavy atom. The van der Waals surface area contributed by atoms with E-state index in [1.54, 1.807) is 6.26 Å². The molecule has 1 aliphatic heterocycles. The summed E-state index contributed by atoms with van der Waals surface area (Å²) in [5, 5.41) is 7.25. The minimum absolute atomic E-state index is 0.632. The van der Waals surface area contributed by atoms with Gasteiger partial charge in [-0.1, -0.05) is 5.16 Å². The van der Waals surface area contributed by atoms with Crippen molar-refractivity contribution >= 4 is 33.2 Å². The zero-order chi connectivity index (χ0) is 16.1. The van der Waals surface area contributed by atoms with E-state index in [4.69, 9.17) is 4.52 Å². The first-order valence-electron chi connectivity index (χ1n) is 7.56. The van der Waals surface area contributed by atoms with Crippen molar-refractivity contribution in [2.45, 2.75) is 13.1 Å². The molecule has 0 aliphatic carbocycles. The quantitative estimate of drug-likeness (QED) is 0.633. The Balaban J connectivity index is 1.47. The molecule has 124 valence electrons. The molecule has 0 spiro atoms. The Hall–Kier alpha value is -1.38. The number of guanidine groups is 1. The number of rotatable bonds is 4. The van der Waals surface area contributed by atoms with Crippen molar-refractivity contribution in [1.29, 1.82) is 0 Å². The van der Waals surface area contributed by atoms with E-state index in [0.29, 0.717) is 6.54 Å². The average Bonchev–Trinajstić information content (AvgIpc) is 3.21. The van der Waals surface area contributed by atoms with Crippen LogP contribution in [-0.2, 0) is 13.1 Å². The summed E-state index contributed by atoms with van der Waals surface area (Å²) >= 11 is 5.33. The molecule has 2 aromatic rings. The minimum atomic E-state index is 0.632. The lowest BCUT2D eigenvalue weighted by Gasteiger charge is -2.36. The Bertz CT molecular complexity index is 634. The van der Waals surface area contributed by atoms with Crippen molar-refractivity contribution in [2.24, 2.45) is 4.99 Å². The topological polar surface area (TPSA) is 56.9 Å². The molecule has 3 heterocycles. The number of piperazine rings is 1. The lowest BCUT2D eigenvalue weighted by atomic mass is 10.3. The Morgan fingerprint density at radius 1 is 1.35 bits per heavy atom. The number of aromatic nitrogens is 1. The Kier molecular flexibility index (Phi) is 5.69. The second-order valence-corrected chi connectivity index (χ2v) is 7.91. The summed E-state index contributed by atoms with van der Waals surface area (Å²) < 4.78 is 6.04. The number of thiophene rings is 1. The van der Waals surface area contributed by atoms with Crippen LogP contribution in [0.4, 0.5) is 0 Å². The maximum atomic E-state index is 4.85. The van der Waals surface area contributed by atoms with Crippen molar-refractivity contribution < 1.29 is 4.52 Å². The third-order valence-electron chi connectivity index (χ3n) is 3.81. The molecule has 6 nitrogen and oxygen atoms in total. The number of halogens is 1. The predicted molar refractivity (Wildman–Crippen MR) is 95.6 cm³/mol. The van der Waals surface area contributed by atoms with Gasteiger partial charge in [0.05, 0.1) is 10.3 Å². The van der Waals surface area contributed by atoms with Crippen molar-refractivity contribution in [3.63, 3.8) is 0 Å². The number of hydrogen-bond acceptors (Lipinski definition) is 5. The van der Waals surface area contributed by atoms with Crippen LogP contribution >= 0.6 is 27.3 Å². The molecule has 1 aliphatic rings. The summed E-state index contributed by atoms with van der Waals surface area (Å²) in [7, 11) is 1.82. The highest BCUT2D eigenvalue weighted by Gasteiger charge is 2.20. The minimum Gasteiger partial charge on any atom is -0.364 e. The fraction of sp³-hybridized carbons (Fsp3) is 0.467. The van der Waals surface area contributed by atoms with Crippen molar-refractivity contribution in [3.05, 3.63) is 38.8 Å². The van der Waals surface area contributed by atoms with Gasteiger partial charge < -0.3 is 14.7 Å². The first-order chi connectivity index (χ1) is 11.2. The third kappa shape index (κ3) is 4.55. The number of nitrogens with zero attached hydrogens (tertiary/aromatic N) is 4. The smallest absolute Gasteiger partial charge is 0.194 e. The molecule has 3 rings (SSSR count). The number of hydrogen-bond donors (Lipinski definition) is 1. The Morgan fingerprint density at radius 2 is 2.17 bits per heavy atom. The fourth-order valence-electron chi connectivity index (χ4n) is 2.61. The molecule has 2 aromatic heterocycles. The highest BCUT2D eigenvalue weighted by Crippen LogP contribution is 2.23. The number of aliphatic imine (C=N–C) groups is 1. The fourth-order valence-corrected chi connectivity index (χ4v) is 4.13. The molecule has 0 aromatic carbocycles. The van der Waals surface area contributed by atoms with Crippen molar-refractivity contribution in [2.75, 3.05) is 33.2 Å². The molecule has 1 saturated heterocycles. The lowest BCUT2D eigenvalue weighted by molar-refractivity contribution is 0.173. The molecular weight excluding hydrogens is 378 g/mol. The molecule has 0 radical (unpaired) electrons. The van der Waals surface area contributed by atoms with Gasteiger partial charge >= 0.3 is 0 Å². The van der Waals surface area contributed by atoms with Gasteiger partial charge in [-0.3, -0.25) is 9.89 Å². The molecule has 0 unspecified atom stereocenters. The van der Waals surface area contributed by atoms with Gasteiger partial charge in [0.1, 0.15) is 12.0 Å². The molecule has 1 N–H and O–H groups in total. The molecule has 23 heavy (non-hydrogen) atoms. The molecule has 0 atom stereocenters. The second-order valence-electron chi connectivity index (χ2n) is 5.36. The van der Waals surface area contributed by atoms with Gasteiger partial charge in [0, 0.05) is 50.7 Å². The van der Waals surface area contributed by atoms with Gasteiger partial charge in [0.25, 0.3) is 0 Å². The van der Waals surface area contributed by atoms with Gasteiger partial charge in [-0.05, 0) is 28.1 Å². The summed E-state index contributed by atoms with van der Waals surface area (Å²) in [6.07, 6.45) is 1.58. The van der Waals surface area contributed by atoms with Gasteiger partial charge in [0.15, 0.2) is 5.96 Å².